The lowest BCUT2D eigenvalue weighted by molar-refractivity contribution is 0.0551. The zero-order valence-corrected chi connectivity index (χ0v) is 14.2. The van der Waals surface area contributed by atoms with Crippen molar-refractivity contribution in [3.8, 4) is 0 Å². The second-order valence-electron chi connectivity index (χ2n) is 4.42. The fraction of sp³-hybridized carbons (Fsp3) is 0.533. The Kier molecular flexibility index (Phi) is 8.34. The van der Waals surface area contributed by atoms with Crippen LogP contribution in [-0.4, -0.2) is 50.3 Å². The van der Waals surface area contributed by atoms with Gasteiger partial charge in [0, 0.05) is 36.5 Å². The lowest BCUT2D eigenvalue weighted by Crippen LogP contribution is -2.37. The van der Waals surface area contributed by atoms with Crippen LogP contribution in [0.1, 0.15) is 24.2 Å². The quantitative estimate of drug-likeness (QED) is 0.544. The van der Waals surface area contributed by atoms with Crippen LogP contribution in [0.2, 0.25) is 0 Å². The molecule has 1 rings (SSSR count). The SMILES string of the molecule is CCOCCN(CCOCC)C(=O)c1cc(Br)ccc1N. The van der Waals surface area contributed by atoms with E-state index < -0.39 is 0 Å². The van der Waals surface area contributed by atoms with Gasteiger partial charge in [-0.3, -0.25) is 4.79 Å². The molecule has 1 aromatic rings. The molecule has 0 heterocycles. The van der Waals surface area contributed by atoms with Gasteiger partial charge < -0.3 is 20.1 Å². The number of ether oxygens (including phenoxy) is 2. The Bertz CT molecular complexity index is 445. The summed E-state index contributed by atoms with van der Waals surface area (Å²) in [5.41, 5.74) is 6.88. The standard InChI is InChI=1S/C15H23BrN2O3/c1-3-20-9-7-18(8-10-21-4-2)15(19)13-11-12(16)5-6-14(13)17/h5-6,11H,3-4,7-10,17H2,1-2H3. The normalized spacial score (nSPS) is 10.6. The molecule has 0 aliphatic heterocycles. The fourth-order valence-corrected chi connectivity index (χ4v) is 2.20. The van der Waals surface area contributed by atoms with Gasteiger partial charge in [-0.1, -0.05) is 15.9 Å². The first-order valence-corrected chi connectivity index (χ1v) is 7.89. The largest absolute Gasteiger partial charge is 0.398 e. The minimum absolute atomic E-state index is 0.104. The van der Waals surface area contributed by atoms with Crippen LogP contribution in [0.5, 0.6) is 0 Å². The minimum Gasteiger partial charge on any atom is -0.398 e. The van der Waals surface area contributed by atoms with Crippen LogP contribution in [0.15, 0.2) is 22.7 Å². The van der Waals surface area contributed by atoms with Crippen LogP contribution in [0.3, 0.4) is 0 Å². The van der Waals surface area contributed by atoms with E-state index in [9.17, 15) is 4.79 Å². The molecule has 21 heavy (non-hydrogen) atoms. The Balaban J connectivity index is 2.79. The van der Waals surface area contributed by atoms with E-state index in [4.69, 9.17) is 15.2 Å². The number of nitrogens with two attached hydrogens (primary N) is 1. The molecule has 6 heteroatoms. The summed E-state index contributed by atoms with van der Waals surface area (Å²) in [4.78, 5) is 14.3. The summed E-state index contributed by atoms with van der Waals surface area (Å²) in [5.74, 6) is -0.104. The maximum absolute atomic E-state index is 12.6. The molecule has 0 spiro atoms. The van der Waals surface area contributed by atoms with Gasteiger partial charge in [0.2, 0.25) is 0 Å². The third-order valence-corrected chi connectivity index (χ3v) is 3.45. The van der Waals surface area contributed by atoms with Crippen LogP contribution in [0.25, 0.3) is 0 Å². The molecule has 5 nitrogen and oxygen atoms in total. The van der Waals surface area contributed by atoms with Gasteiger partial charge in [0.15, 0.2) is 0 Å². The van der Waals surface area contributed by atoms with Crippen LogP contribution in [0, 0.1) is 0 Å². The Morgan fingerprint density at radius 2 is 1.76 bits per heavy atom. The van der Waals surface area contributed by atoms with Crippen molar-refractivity contribution in [3.05, 3.63) is 28.2 Å². The molecule has 0 fully saturated rings. The van der Waals surface area contributed by atoms with Crippen molar-refractivity contribution >= 4 is 27.5 Å². The maximum atomic E-state index is 12.6. The Morgan fingerprint density at radius 3 is 2.29 bits per heavy atom. The van der Waals surface area contributed by atoms with Crippen molar-refractivity contribution in [2.45, 2.75) is 13.8 Å². The third kappa shape index (κ3) is 6.03. The zero-order valence-electron chi connectivity index (χ0n) is 12.6. The predicted octanol–water partition coefficient (Wildman–Crippen LogP) is 2.55. The van der Waals surface area contributed by atoms with E-state index in [-0.39, 0.29) is 5.91 Å². The van der Waals surface area contributed by atoms with Crippen LogP contribution in [-0.2, 0) is 9.47 Å². The fourth-order valence-electron chi connectivity index (χ4n) is 1.84. The number of hydrogen-bond donors (Lipinski definition) is 1. The van der Waals surface area contributed by atoms with Gasteiger partial charge in [-0.2, -0.15) is 0 Å². The Hall–Kier alpha value is -1.11. The average molecular weight is 359 g/mol. The molecule has 0 saturated heterocycles. The minimum atomic E-state index is -0.104. The van der Waals surface area contributed by atoms with Crippen molar-refractivity contribution in [2.24, 2.45) is 0 Å². The summed E-state index contributed by atoms with van der Waals surface area (Å²) < 4.78 is 11.5. The topological polar surface area (TPSA) is 64.8 Å². The highest BCUT2D eigenvalue weighted by atomic mass is 79.9. The second kappa shape index (κ2) is 9.76. The zero-order chi connectivity index (χ0) is 15.7. The molecular formula is C15H23BrN2O3. The molecule has 0 aliphatic rings. The monoisotopic (exact) mass is 358 g/mol. The molecule has 0 aliphatic carbocycles. The molecule has 1 amide bonds. The number of benzene rings is 1. The number of nitrogens with zero attached hydrogens (tertiary/aromatic N) is 1. The van der Waals surface area contributed by atoms with E-state index in [0.29, 0.717) is 50.8 Å². The van der Waals surface area contributed by atoms with Crippen molar-refractivity contribution in [1.29, 1.82) is 0 Å². The van der Waals surface area contributed by atoms with Crippen LogP contribution < -0.4 is 5.73 Å². The molecule has 2 N–H and O–H groups in total. The number of hydrogen-bond acceptors (Lipinski definition) is 4. The first-order valence-electron chi connectivity index (χ1n) is 7.09. The van der Waals surface area contributed by atoms with E-state index in [1.54, 1.807) is 17.0 Å². The molecule has 0 unspecified atom stereocenters. The van der Waals surface area contributed by atoms with E-state index >= 15 is 0 Å². The highest BCUT2D eigenvalue weighted by Gasteiger charge is 2.18. The van der Waals surface area contributed by atoms with Crippen molar-refractivity contribution in [2.75, 3.05) is 45.3 Å². The predicted molar refractivity (Wildman–Crippen MR) is 87.4 cm³/mol. The number of rotatable bonds is 9. The van der Waals surface area contributed by atoms with Crippen LogP contribution in [0.4, 0.5) is 5.69 Å². The van der Waals surface area contributed by atoms with Crippen LogP contribution >= 0.6 is 15.9 Å². The number of carbonyl (C=O) groups is 1. The summed E-state index contributed by atoms with van der Waals surface area (Å²) in [6, 6.07) is 5.28. The number of nitrogen functional groups attached to an aromatic ring is 1. The van der Waals surface area contributed by atoms with E-state index in [2.05, 4.69) is 15.9 Å². The van der Waals surface area contributed by atoms with E-state index in [1.807, 2.05) is 19.9 Å². The Labute approximate surface area is 134 Å². The second-order valence-corrected chi connectivity index (χ2v) is 5.33. The van der Waals surface area contributed by atoms with Gasteiger partial charge in [-0.25, -0.2) is 0 Å². The van der Waals surface area contributed by atoms with Crippen molar-refractivity contribution in [3.63, 3.8) is 0 Å². The maximum Gasteiger partial charge on any atom is 0.256 e. The average Bonchev–Trinajstić information content (AvgIpc) is 2.48. The molecule has 0 saturated carbocycles. The molecule has 0 atom stereocenters. The van der Waals surface area contributed by atoms with Gasteiger partial charge in [-0.15, -0.1) is 0 Å². The summed E-state index contributed by atoms with van der Waals surface area (Å²) >= 11 is 3.37. The lowest BCUT2D eigenvalue weighted by Gasteiger charge is -2.23. The van der Waals surface area contributed by atoms with Crippen molar-refractivity contribution in [1.82, 2.24) is 4.90 Å². The molecule has 0 bridgehead atoms. The van der Waals surface area contributed by atoms with E-state index in [0.717, 1.165) is 4.47 Å². The molecule has 0 aromatic heterocycles. The van der Waals surface area contributed by atoms with Gasteiger partial charge in [0.25, 0.3) is 5.91 Å². The summed E-state index contributed by atoms with van der Waals surface area (Å²) in [6.07, 6.45) is 0. The number of amides is 1. The lowest BCUT2D eigenvalue weighted by atomic mass is 10.1. The third-order valence-electron chi connectivity index (χ3n) is 2.95. The number of carbonyl (C=O) groups excluding carboxylic acids is 1. The van der Waals surface area contributed by atoms with Gasteiger partial charge >= 0.3 is 0 Å². The molecular weight excluding hydrogens is 336 g/mol. The smallest absolute Gasteiger partial charge is 0.256 e. The van der Waals surface area contributed by atoms with Gasteiger partial charge in [-0.05, 0) is 32.0 Å². The summed E-state index contributed by atoms with van der Waals surface area (Å²) in [6.45, 7) is 7.16. The molecule has 118 valence electrons. The van der Waals surface area contributed by atoms with E-state index in [1.165, 1.54) is 0 Å². The van der Waals surface area contributed by atoms with Gasteiger partial charge in [0.05, 0.1) is 18.8 Å². The molecule has 1 aromatic carbocycles. The Morgan fingerprint density at radius 1 is 1.19 bits per heavy atom. The summed E-state index contributed by atoms with van der Waals surface area (Å²) in [7, 11) is 0. The first kappa shape index (κ1) is 17.9. The van der Waals surface area contributed by atoms with Crippen molar-refractivity contribution < 1.29 is 14.3 Å². The highest BCUT2D eigenvalue weighted by molar-refractivity contribution is 9.10. The number of halogens is 1. The molecule has 0 radical (unpaired) electrons. The number of anilines is 1. The highest BCUT2D eigenvalue weighted by Crippen LogP contribution is 2.20. The van der Waals surface area contributed by atoms with Gasteiger partial charge in [0.1, 0.15) is 0 Å². The first-order chi connectivity index (χ1) is 10.1. The summed E-state index contributed by atoms with van der Waals surface area (Å²) in [5, 5.41) is 0.